The molecule has 1 aliphatic heterocycles. The summed E-state index contributed by atoms with van der Waals surface area (Å²) in [5.41, 5.74) is 3.55. The molecule has 0 radical (unpaired) electrons. The number of nitrogens with zero attached hydrogens (tertiary/aromatic N) is 2. The van der Waals surface area contributed by atoms with Crippen LogP contribution < -0.4 is 15.5 Å². The third-order valence-corrected chi connectivity index (χ3v) is 5.00. The van der Waals surface area contributed by atoms with E-state index in [1.807, 2.05) is 30.3 Å². The van der Waals surface area contributed by atoms with Crippen molar-refractivity contribution in [2.75, 3.05) is 51.4 Å². The minimum Gasteiger partial charge on any atom is -0.396 e. The zero-order valence-corrected chi connectivity index (χ0v) is 16.5. The van der Waals surface area contributed by atoms with Gasteiger partial charge in [0, 0.05) is 44.8 Å². The quantitative estimate of drug-likeness (QED) is 0.505. The summed E-state index contributed by atoms with van der Waals surface area (Å²) in [7, 11) is 1.76. The van der Waals surface area contributed by atoms with Gasteiger partial charge in [0.15, 0.2) is 5.96 Å². The molecule has 0 spiro atoms. The number of morpholine rings is 1. The molecule has 6 nitrogen and oxygen atoms in total. The van der Waals surface area contributed by atoms with Gasteiger partial charge in [0.05, 0.1) is 19.8 Å². The Kier molecular flexibility index (Phi) is 7.70. The zero-order valence-electron chi connectivity index (χ0n) is 16.5. The Labute approximate surface area is 167 Å². The summed E-state index contributed by atoms with van der Waals surface area (Å²) >= 11 is 0. The Balaban J connectivity index is 1.48. The van der Waals surface area contributed by atoms with Crippen LogP contribution in [0, 0.1) is 0 Å². The molecule has 1 aliphatic rings. The molecule has 6 heteroatoms. The van der Waals surface area contributed by atoms with Crippen molar-refractivity contribution in [2.45, 2.75) is 12.5 Å². The maximum Gasteiger partial charge on any atom is 0.191 e. The van der Waals surface area contributed by atoms with Crippen LogP contribution in [0.15, 0.2) is 59.6 Å². The van der Waals surface area contributed by atoms with E-state index in [9.17, 15) is 5.11 Å². The van der Waals surface area contributed by atoms with E-state index in [2.05, 4.69) is 44.8 Å². The molecule has 1 saturated heterocycles. The summed E-state index contributed by atoms with van der Waals surface area (Å²) in [5.74, 6) is 0.763. The van der Waals surface area contributed by atoms with Gasteiger partial charge in [0.2, 0.25) is 0 Å². The lowest BCUT2D eigenvalue weighted by molar-refractivity contribution is 0.122. The Hall–Kier alpha value is -2.57. The highest BCUT2D eigenvalue weighted by Crippen LogP contribution is 2.17. The predicted octanol–water partition coefficient (Wildman–Crippen LogP) is 1.96. The van der Waals surface area contributed by atoms with Gasteiger partial charge in [-0.15, -0.1) is 0 Å². The van der Waals surface area contributed by atoms with Crippen molar-refractivity contribution >= 4 is 11.6 Å². The summed E-state index contributed by atoms with van der Waals surface area (Å²) < 4.78 is 5.41. The van der Waals surface area contributed by atoms with E-state index in [0.717, 1.165) is 37.8 Å². The number of anilines is 1. The van der Waals surface area contributed by atoms with Crippen molar-refractivity contribution in [3.05, 3.63) is 65.7 Å². The van der Waals surface area contributed by atoms with Gasteiger partial charge in [-0.2, -0.15) is 0 Å². The molecule has 0 saturated carbocycles. The zero-order chi connectivity index (χ0) is 19.6. The topological polar surface area (TPSA) is 69.1 Å². The van der Waals surface area contributed by atoms with E-state index < -0.39 is 0 Å². The lowest BCUT2D eigenvalue weighted by atomic mass is 10.0. The molecule has 0 amide bonds. The average molecular weight is 383 g/mol. The normalized spacial score (nSPS) is 15.9. The van der Waals surface area contributed by atoms with E-state index in [1.165, 1.54) is 11.3 Å². The molecular formula is C22H30N4O2. The van der Waals surface area contributed by atoms with E-state index in [1.54, 1.807) is 7.05 Å². The number of aliphatic imine (C=N–C) groups is 1. The highest BCUT2D eigenvalue weighted by atomic mass is 16.5. The van der Waals surface area contributed by atoms with Crippen LogP contribution >= 0.6 is 0 Å². The molecule has 0 bridgehead atoms. The minimum atomic E-state index is 0.0348. The minimum absolute atomic E-state index is 0.0348. The van der Waals surface area contributed by atoms with Crippen molar-refractivity contribution in [3.63, 3.8) is 0 Å². The maximum absolute atomic E-state index is 9.69. The average Bonchev–Trinajstić information content (AvgIpc) is 2.78. The van der Waals surface area contributed by atoms with Crippen molar-refractivity contribution in [1.29, 1.82) is 0 Å². The molecule has 0 aromatic heterocycles. The van der Waals surface area contributed by atoms with Gasteiger partial charge in [-0.1, -0.05) is 42.5 Å². The van der Waals surface area contributed by atoms with Crippen molar-refractivity contribution in [1.82, 2.24) is 10.6 Å². The first-order valence-electron chi connectivity index (χ1n) is 9.82. The third-order valence-electron chi connectivity index (χ3n) is 5.00. The number of hydrogen-bond acceptors (Lipinski definition) is 4. The largest absolute Gasteiger partial charge is 0.396 e. The first-order valence-corrected chi connectivity index (χ1v) is 9.82. The van der Waals surface area contributed by atoms with Gasteiger partial charge < -0.3 is 25.4 Å². The second-order valence-corrected chi connectivity index (χ2v) is 6.86. The number of rotatable bonds is 7. The Bertz CT molecular complexity index is 728. The van der Waals surface area contributed by atoms with Crippen molar-refractivity contribution in [3.8, 4) is 0 Å². The van der Waals surface area contributed by atoms with Crippen molar-refractivity contribution < 1.29 is 9.84 Å². The standard InChI is InChI=1S/C22H30N4O2/c1-23-22(25-16-20(17-27)19-5-3-2-4-6-19)24-15-18-7-9-21(10-8-18)26-11-13-28-14-12-26/h2-10,20,27H,11-17H2,1H3,(H2,23,24,25). The van der Waals surface area contributed by atoms with E-state index in [4.69, 9.17) is 4.74 Å². The number of benzene rings is 2. The summed E-state index contributed by atoms with van der Waals surface area (Å²) in [6, 6.07) is 18.7. The van der Waals surface area contributed by atoms with Crippen LogP contribution in [0.2, 0.25) is 0 Å². The van der Waals surface area contributed by atoms with Crippen LogP contribution in [0.5, 0.6) is 0 Å². The van der Waals surface area contributed by atoms with E-state index in [-0.39, 0.29) is 12.5 Å². The number of guanidine groups is 1. The third kappa shape index (κ3) is 5.71. The van der Waals surface area contributed by atoms with Crippen LogP contribution in [0.3, 0.4) is 0 Å². The fraction of sp³-hybridized carbons (Fsp3) is 0.409. The monoisotopic (exact) mass is 382 g/mol. The molecule has 1 unspecified atom stereocenters. The van der Waals surface area contributed by atoms with Gasteiger partial charge in [-0.05, 0) is 23.3 Å². The first-order chi connectivity index (χ1) is 13.8. The van der Waals surface area contributed by atoms with E-state index in [0.29, 0.717) is 13.1 Å². The molecule has 150 valence electrons. The van der Waals surface area contributed by atoms with Crippen LogP contribution in [0.4, 0.5) is 5.69 Å². The summed E-state index contributed by atoms with van der Waals surface area (Å²) in [6.45, 7) is 4.89. The molecule has 1 atom stereocenters. The van der Waals surface area contributed by atoms with Gasteiger partial charge >= 0.3 is 0 Å². The molecular weight excluding hydrogens is 352 g/mol. The second-order valence-electron chi connectivity index (χ2n) is 6.86. The van der Waals surface area contributed by atoms with E-state index >= 15 is 0 Å². The molecule has 2 aromatic carbocycles. The smallest absolute Gasteiger partial charge is 0.191 e. The molecule has 3 N–H and O–H groups in total. The van der Waals surface area contributed by atoms with Crippen LogP contribution in [0.25, 0.3) is 0 Å². The van der Waals surface area contributed by atoms with Crippen LogP contribution in [-0.2, 0) is 11.3 Å². The number of aliphatic hydroxyl groups is 1. The van der Waals surface area contributed by atoms with Crippen LogP contribution in [-0.4, -0.2) is 57.6 Å². The molecule has 2 aromatic rings. The Morgan fingerprint density at radius 2 is 1.79 bits per heavy atom. The molecule has 1 heterocycles. The maximum atomic E-state index is 9.69. The summed E-state index contributed by atoms with van der Waals surface area (Å²) in [6.07, 6.45) is 0. The van der Waals surface area contributed by atoms with Crippen LogP contribution in [0.1, 0.15) is 17.0 Å². The summed E-state index contributed by atoms with van der Waals surface area (Å²) in [5, 5.41) is 16.3. The Morgan fingerprint density at radius 1 is 1.07 bits per heavy atom. The molecule has 1 fully saturated rings. The lowest BCUT2D eigenvalue weighted by Crippen LogP contribution is -2.39. The SMILES string of the molecule is CN=C(NCc1ccc(N2CCOCC2)cc1)NCC(CO)c1ccccc1. The molecule has 3 rings (SSSR count). The number of aliphatic hydroxyl groups excluding tert-OH is 1. The van der Waals surface area contributed by atoms with Gasteiger partial charge in [-0.3, -0.25) is 4.99 Å². The molecule has 28 heavy (non-hydrogen) atoms. The fourth-order valence-corrected chi connectivity index (χ4v) is 3.29. The van der Waals surface area contributed by atoms with Gasteiger partial charge in [-0.25, -0.2) is 0 Å². The highest BCUT2D eigenvalue weighted by molar-refractivity contribution is 5.79. The van der Waals surface area contributed by atoms with Gasteiger partial charge in [0.1, 0.15) is 0 Å². The number of nitrogens with one attached hydrogen (secondary N) is 2. The first kappa shape index (κ1) is 20.2. The number of hydrogen-bond donors (Lipinski definition) is 3. The highest BCUT2D eigenvalue weighted by Gasteiger charge is 2.12. The van der Waals surface area contributed by atoms with Gasteiger partial charge in [0.25, 0.3) is 0 Å². The predicted molar refractivity (Wildman–Crippen MR) is 114 cm³/mol. The fourth-order valence-electron chi connectivity index (χ4n) is 3.29. The second kappa shape index (κ2) is 10.7. The lowest BCUT2D eigenvalue weighted by Gasteiger charge is -2.29. The number of ether oxygens (including phenoxy) is 1. The Morgan fingerprint density at radius 3 is 2.43 bits per heavy atom. The van der Waals surface area contributed by atoms with Crippen molar-refractivity contribution in [2.24, 2.45) is 4.99 Å². The molecule has 0 aliphatic carbocycles. The summed E-state index contributed by atoms with van der Waals surface area (Å²) in [4.78, 5) is 6.63.